The quantitative estimate of drug-likeness (QED) is 0.746. The summed E-state index contributed by atoms with van der Waals surface area (Å²) >= 11 is 5.30. The van der Waals surface area contributed by atoms with E-state index < -0.39 is 0 Å². The number of benzene rings is 2. The molecule has 2 aromatic rings. The van der Waals surface area contributed by atoms with Crippen molar-refractivity contribution in [3.05, 3.63) is 48.5 Å². The van der Waals surface area contributed by atoms with Crippen molar-refractivity contribution in [1.29, 1.82) is 0 Å². The monoisotopic (exact) mass is 367 g/mol. The van der Waals surface area contributed by atoms with Crippen molar-refractivity contribution >= 4 is 28.7 Å². The van der Waals surface area contributed by atoms with Crippen molar-refractivity contribution in [2.75, 3.05) is 23.8 Å². The van der Waals surface area contributed by atoms with Gasteiger partial charge in [0.2, 0.25) is 0 Å². The van der Waals surface area contributed by atoms with Crippen LogP contribution in [0.25, 0.3) is 0 Å². The number of nitrogens with one attached hydrogen (secondary N) is 2. The standard InChI is InChI=1S/C17H20N2O2S.V/c1-3-20-15-9-5-13(6-10-15)18-17(22)19-14-7-11-16(12-8-14)21-4-2;/h5-12H,3-4H2,1-2H3,(H2,18,19,22);. The average Bonchev–Trinajstić information content (AvgIpc) is 2.52. The first-order valence-corrected chi connectivity index (χ1v) is 7.65. The maximum Gasteiger partial charge on any atom is 0.175 e. The number of thiocarbonyl (C=S) groups is 1. The Balaban J connectivity index is 0.00000264. The van der Waals surface area contributed by atoms with Gasteiger partial charge in [0.1, 0.15) is 11.5 Å². The van der Waals surface area contributed by atoms with E-state index in [1.807, 2.05) is 62.4 Å². The molecule has 0 fully saturated rings. The smallest absolute Gasteiger partial charge is 0.175 e. The fraction of sp³-hybridized carbons (Fsp3) is 0.235. The van der Waals surface area contributed by atoms with Crippen LogP contribution in [0.2, 0.25) is 0 Å². The predicted octanol–water partition coefficient (Wildman–Crippen LogP) is 4.29. The number of rotatable bonds is 6. The molecule has 4 nitrogen and oxygen atoms in total. The zero-order chi connectivity index (χ0) is 15.8. The molecule has 0 unspecified atom stereocenters. The fourth-order valence-electron chi connectivity index (χ4n) is 1.90. The van der Waals surface area contributed by atoms with Crippen LogP contribution in [0, 0.1) is 0 Å². The third kappa shape index (κ3) is 6.53. The molecule has 0 atom stereocenters. The van der Waals surface area contributed by atoms with Crippen LogP contribution < -0.4 is 20.1 Å². The van der Waals surface area contributed by atoms with Gasteiger partial charge in [0.05, 0.1) is 13.2 Å². The van der Waals surface area contributed by atoms with Gasteiger partial charge in [0.15, 0.2) is 5.11 Å². The van der Waals surface area contributed by atoms with Crippen molar-refractivity contribution in [2.24, 2.45) is 0 Å². The van der Waals surface area contributed by atoms with Crippen LogP contribution in [0.3, 0.4) is 0 Å². The van der Waals surface area contributed by atoms with Crippen LogP contribution in [0.5, 0.6) is 11.5 Å². The molecule has 2 N–H and O–H groups in total. The summed E-state index contributed by atoms with van der Waals surface area (Å²) in [6.07, 6.45) is 0. The van der Waals surface area contributed by atoms with Gasteiger partial charge in [0, 0.05) is 29.9 Å². The van der Waals surface area contributed by atoms with Crippen molar-refractivity contribution < 1.29 is 28.0 Å². The van der Waals surface area contributed by atoms with Crippen LogP contribution in [0.1, 0.15) is 13.8 Å². The summed E-state index contributed by atoms with van der Waals surface area (Å²) in [5, 5.41) is 6.80. The van der Waals surface area contributed by atoms with Gasteiger partial charge in [-0.3, -0.25) is 0 Å². The second-order valence-corrected chi connectivity index (χ2v) is 4.90. The Kier molecular flexibility index (Phi) is 8.55. The Morgan fingerprint density at radius 1 is 0.783 bits per heavy atom. The fourth-order valence-corrected chi connectivity index (χ4v) is 2.13. The SMILES string of the molecule is CCOc1ccc(NC(=S)Nc2ccc(OCC)cc2)cc1.[V]. The van der Waals surface area contributed by atoms with Gasteiger partial charge < -0.3 is 20.1 Å². The molecule has 0 spiro atoms. The van der Waals surface area contributed by atoms with Crippen LogP contribution >= 0.6 is 12.2 Å². The first kappa shape index (κ1) is 19.4. The number of anilines is 2. The summed E-state index contributed by atoms with van der Waals surface area (Å²) in [7, 11) is 0. The molecule has 0 amide bonds. The Morgan fingerprint density at radius 3 is 1.43 bits per heavy atom. The minimum Gasteiger partial charge on any atom is -0.494 e. The van der Waals surface area contributed by atoms with E-state index in [4.69, 9.17) is 21.7 Å². The Hall–Kier alpha value is -1.69. The molecule has 0 aromatic heterocycles. The van der Waals surface area contributed by atoms with Crippen LogP contribution in [0.15, 0.2) is 48.5 Å². The molecule has 1 radical (unpaired) electrons. The summed E-state index contributed by atoms with van der Waals surface area (Å²) in [6, 6.07) is 15.3. The molecular weight excluding hydrogens is 347 g/mol. The Morgan fingerprint density at radius 2 is 1.13 bits per heavy atom. The summed E-state index contributed by atoms with van der Waals surface area (Å²) in [5.74, 6) is 1.69. The summed E-state index contributed by atoms with van der Waals surface area (Å²) in [4.78, 5) is 0. The molecule has 2 rings (SSSR count). The van der Waals surface area contributed by atoms with Gasteiger partial charge in [-0.2, -0.15) is 0 Å². The molecule has 0 saturated carbocycles. The molecule has 0 aliphatic rings. The first-order chi connectivity index (χ1) is 10.7. The normalized spacial score (nSPS) is 9.48. The van der Waals surface area contributed by atoms with Gasteiger partial charge in [-0.1, -0.05) is 0 Å². The van der Waals surface area contributed by atoms with Gasteiger partial charge >= 0.3 is 0 Å². The van der Waals surface area contributed by atoms with Gasteiger partial charge in [-0.05, 0) is 74.6 Å². The van der Waals surface area contributed by atoms with Gasteiger partial charge in [-0.25, -0.2) is 0 Å². The van der Waals surface area contributed by atoms with Crippen LogP contribution in [-0.2, 0) is 18.6 Å². The minimum absolute atomic E-state index is 0. The third-order valence-corrected chi connectivity index (χ3v) is 3.05. The maximum atomic E-state index is 5.40. The van der Waals surface area contributed by atoms with Gasteiger partial charge in [-0.15, -0.1) is 0 Å². The van der Waals surface area contributed by atoms with Crippen molar-refractivity contribution in [2.45, 2.75) is 13.8 Å². The second kappa shape index (κ2) is 10.2. The molecule has 2 aromatic carbocycles. The van der Waals surface area contributed by atoms with E-state index in [2.05, 4.69) is 10.6 Å². The van der Waals surface area contributed by atoms with E-state index in [0.29, 0.717) is 18.3 Å². The Labute approximate surface area is 154 Å². The molecule has 0 bridgehead atoms. The summed E-state index contributed by atoms with van der Waals surface area (Å²) in [6.45, 7) is 5.24. The number of hydrogen-bond donors (Lipinski definition) is 2. The number of ether oxygens (including phenoxy) is 2. The van der Waals surface area contributed by atoms with E-state index in [9.17, 15) is 0 Å². The van der Waals surface area contributed by atoms with E-state index in [-0.39, 0.29) is 18.6 Å². The topological polar surface area (TPSA) is 42.5 Å². The van der Waals surface area contributed by atoms with Crippen molar-refractivity contribution in [3.63, 3.8) is 0 Å². The molecular formula is C17H20N2O2SV. The minimum atomic E-state index is 0. The zero-order valence-electron chi connectivity index (χ0n) is 13.2. The Bertz CT molecular complexity index is 549. The van der Waals surface area contributed by atoms with E-state index in [0.717, 1.165) is 22.9 Å². The largest absolute Gasteiger partial charge is 0.494 e. The number of hydrogen-bond acceptors (Lipinski definition) is 3. The van der Waals surface area contributed by atoms with Gasteiger partial charge in [0.25, 0.3) is 0 Å². The summed E-state index contributed by atoms with van der Waals surface area (Å²) < 4.78 is 10.8. The van der Waals surface area contributed by atoms with Crippen molar-refractivity contribution in [3.8, 4) is 11.5 Å². The molecule has 0 saturated heterocycles. The zero-order valence-corrected chi connectivity index (χ0v) is 15.4. The molecule has 23 heavy (non-hydrogen) atoms. The van der Waals surface area contributed by atoms with Crippen LogP contribution in [-0.4, -0.2) is 18.3 Å². The molecule has 0 aliphatic heterocycles. The second-order valence-electron chi connectivity index (χ2n) is 4.49. The molecule has 0 aliphatic carbocycles. The first-order valence-electron chi connectivity index (χ1n) is 7.25. The third-order valence-electron chi connectivity index (χ3n) is 2.85. The van der Waals surface area contributed by atoms with E-state index >= 15 is 0 Å². The van der Waals surface area contributed by atoms with Crippen LogP contribution in [0.4, 0.5) is 11.4 Å². The maximum absolute atomic E-state index is 5.40. The molecule has 6 heteroatoms. The molecule has 121 valence electrons. The van der Waals surface area contributed by atoms with E-state index in [1.54, 1.807) is 0 Å². The average molecular weight is 367 g/mol. The summed E-state index contributed by atoms with van der Waals surface area (Å²) in [5.41, 5.74) is 1.82. The predicted molar refractivity (Wildman–Crippen MR) is 95.1 cm³/mol. The van der Waals surface area contributed by atoms with E-state index in [1.165, 1.54) is 0 Å². The molecule has 0 heterocycles. The van der Waals surface area contributed by atoms with Crippen molar-refractivity contribution in [1.82, 2.24) is 0 Å².